The highest BCUT2D eigenvalue weighted by atomic mass is 15.3. The molecule has 0 unspecified atom stereocenters. The van der Waals surface area contributed by atoms with Crippen molar-refractivity contribution in [3.8, 4) is 39.6 Å². The van der Waals surface area contributed by atoms with E-state index in [1.807, 2.05) is 36.4 Å². The molecular formula is C38H25N5. The lowest BCUT2D eigenvalue weighted by atomic mass is 10.0. The summed E-state index contributed by atoms with van der Waals surface area (Å²) in [7, 11) is 0. The van der Waals surface area contributed by atoms with Crippen molar-refractivity contribution in [3.05, 3.63) is 146 Å². The third-order valence-electron chi connectivity index (χ3n) is 8.43. The Morgan fingerprint density at radius 3 is 1.79 bits per heavy atom. The van der Waals surface area contributed by atoms with Gasteiger partial charge in [0.2, 0.25) is 0 Å². The van der Waals surface area contributed by atoms with Crippen LogP contribution in [0.15, 0.2) is 146 Å². The first kappa shape index (κ1) is 23.7. The fraction of sp³-hybridized carbons (Fsp3) is 0. The Kier molecular flexibility index (Phi) is 5.13. The number of para-hydroxylation sites is 2. The van der Waals surface area contributed by atoms with Gasteiger partial charge in [-0.3, -0.25) is 4.57 Å². The molecule has 0 spiro atoms. The number of H-pyrrole nitrogens is 1. The SMILES string of the molecule is c1ccc(-c2nnc(-c3ccccc3)n2-c2ccc(-c3c4ccccc4n4ccc5c6ccccc6[nH]c5c34)cc2)cc1. The quantitative estimate of drug-likeness (QED) is 0.237. The molecule has 0 aliphatic carbocycles. The molecule has 0 aliphatic heterocycles. The third-order valence-corrected chi connectivity index (χ3v) is 8.43. The number of benzene rings is 5. The van der Waals surface area contributed by atoms with E-state index in [0.717, 1.165) is 45.1 Å². The maximum absolute atomic E-state index is 4.65. The lowest BCUT2D eigenvalue weighted by molar-refractivity contribution is 1.07. The number of aromatic amines is 1. The average Bonchev–Trinajstić information content (AvgIpc) is 3.78. The summed E-state index contributed by atoms with van der Waals surface area (Å²) >= 11 is 0. The molecule has 5 aromatic carbocycles. The number of rotatable bonds is 4. The van der Waals surface area contributed by atoms with E-state index < -0.39 is 0 Å². The van der Waals surface area contributed by atoms with Crippen LogP contribution in [0.3, 0.4) is 0 Å². The van der Waals surface area contributed by atoms with Crippen LogP contribution in [0.5, 0.6) is 0 Å². The van der Waals surface area contributed by atoms with Crippen LogP contribution in [0.1, 0.15) is 0 Å². The molecule has 0 radical (unpaired) electrons. The molecular weight excluding hydrogens is 526 g/mol. The minimum Gasteiger partial charge on any atom is -0.353 e. The predicted molar refractivity (Wildman–Crippen MR) is 175 cm³/mol. The van der Waals surface area contributed by atoms with Gasteiger partial charge < -0.3 is 9.38 Å². The summed E-state index contributed by atoms with van der Waals surface area (Å²) in [5, 5.41) is 13.0. The lowest BCUT2D eigenvalue weighted by Crippen LogP contribution is -2.00. The molecule has 43 heavy (non-hydrogen) atoms. The first-order chi connectivity index (χ1) is 21.3. The smallest absolute Gasteiger partial charge is 0.168 e. The normalized spacial score (nSPS) is 11.7. The topological polar surface area (TPSA) is 50.9 Å². The summed E-state index contributed by atoms with van der Waals surface area (Å²) in [4.78, 5) is 3.74. The van der Waals surface area contributed by atoms with Gasteiger partial charge in [-0.05, 0) is 35.9 Å². The maximum Gasteiger partial charge on any atom is 0.168 e. The van der Waals surface area contributed by atoms with Gasteiger partial charge in [0.15, 0.2) is 11.6 Å². The van der Waals surface area contributed by atoms with Crippen LogP contribution in [-0.4, -0.2) is 24.1 Å². The Morgan fingerprint density at radius 2 is 1.09 bits per heavy atom. The van der Waals surface area contributed by atoms with Crippen LogP contribution in [0.2, 0.25) is 0 Å². The molecule has 9 rings (SSSR count). The van der Waals surface area contributed by atoms with Crippen molar-refractivity contribution < 1.29 is 0 Å². The van der Waals surface area contributed by atoms with Crippen LogP contribution < -0.4 is 0 Å². The second kappa shape index (κ2) is 9.29. The van der Waals surface area contributed by atoms with Crippen molar-refractivity contribution in [1.29, 1.82) is 0 Å². The monoisotopic (exact) mass is 551 g/mol. The molecule has 202 valence electrons. The van der Waals surface area contributed by atoms with Crippen molar-refractivity contribution in [2.24, 2.45) is 0 Å². The Morgan fingerprint density at radius 1 is 0.488 bits per heavy atom. The van der Waals surface area contributed by atoms with Gasteiger partial charge in [0.1, 0.15) is 0 Å². The standard InChI is InChI=1S/C38H25N5/c1-3-11-26(12-4-1)37-40-41-38(27-13-5-2-6-14-27)43(37)28-21-19-25(20-22-28)34-31-16-8-10-18-33(31)42-24-23-30-29-15-7-9-17-32(29)39-35(30)36(34)42/h1-24,39H. The predicted octanol–water partition coefficient (Wildman–Crippen LogP) is 9.31. The Hall–Kier alpha value is -5.94. The zero-order valence-corrected chi connectivity index (χ0v) is 23.1. The summed E-state index contributed by atoms with van der Waals surface area (Å²) < 4.78 is 4.47. The molecule has 0 fully saturated rings. The van der Waals surface area contributed by atoms with Gasteiger partial charge in [-0.15, -0.1) is 10.2 Å². The molecule has 0 atom stereocenters. The molecule has 5 nitrogen and oxygen atoms in total. The fourth-order valence-corrected chi connectivity index (χ4v) is 6.48. The molecule has 4 aromatic heterocycles. The van der Waals surface area contributed by atoms with Gasteiger partial charge in [0.25, 0.3) is 0 Å². The van der Waals surface area contributed by atoms with Crippen molar-refractivity contribution in [2.75, 3.05) is 0 Å². The van der Waals surface area contributed by atoms with Crippen LogP contribution in [-0.2, 0) is 0 Å². The summed E-state index contributed by atoms with van der Waals surface area (Å²) in [5.74, 6) is 1.62. The number of nitrogens with one attached hydrogen (secondary N) is 1. The summed E-state index contributed by atoms with van der Waals surface area (Å²) in [6.07, 6.45) is 2.20. The average molecular weight is 552 g/mol. The molecule has 0 bridgehead atoms. The molecule has 0 amide bonds. The number of hydrogen-bond donors (Lipinski definition) is 1. The molecule has 9 aromatic rings. The van der Waals surface area contributed by atoms with E-state index >= 15 is 0 Å². The molecule has 0 saturated heterocycles. The van der Waals surface area contributed by atoms with Gasteiger partial charge in [0.05, 0.1) is 16.6 Å². The van der Waals surface area contributed by atoms with Gasteiger partial charge >= 0.3 is 0 Å². The summed E-state index contributed by atoms with van der Waals surface area (Å²) in [6, 6.07) is 48.7. The van der Waals surface area contributed by atoms with E-state index in [4.69, 9.17) is 0 Å². The third kappa shape index (κ3) is 3.58. The molecule has 0 aliphatic rings. The number of aromatic nitrogens is 5. The van der Waals surface area contributed by atoms with Gasteiger partial charge in [0, 0.05) is 50.2 Å². The van der Waals surface area contributed by atoms with E-state index in [-0.39, 0.29) is 0 Å². The van der Waals surface area contributed by atoms with E-state index in [9.17, 15) is 0 Å². The number of nitrogens with zero attached hydrogens (tertiary/aromatic N) is 4. The zero-order chi connectivity index (χ0) is 28.3. The molecule has 0 saturated carbocycles. The Bertz CT molecular complexity index is 2370. The summed E-state index contributed by atoms with van der Waals surface area (Å²) in [6.45, 7) is 0. The van der Waals surface area contributed by atoms with Gasteiger partial charge in [-0.25, -0.2) is 0 Å². The molecule has 5 heteroatoms. The van der Waals surface area contributed by atoms with E-state index in [1.165, 1.54) is 32.8 Å². The highest BCUT2D eigenvalue weighted by Crippen LogP contribution is 2.41. The first-order valence-electron chi connectivity index (χ1n) is 14.4. The second-order valence-corrected chi connectivity index (χ2v) is 10.8. The molecule has 4 heterocycles. The lowest BCUT2D eigenvalue weighted by Gasteiger charge is -2.12. The Balaban J connectivity index is 1.28. The van der Waals surface area contributed by atoms with Crippen LogP contribution in [0, 0.1) is 0 Å². The minimum absolute atomic E-state index is 0.812. The van der Waals surface area contributed by atoms with Gasteiger partial charge in [-0.2, -0.15) is 0 Å². The Labute approximate surface area is 247 Å². The summed E-state index contributed by atoms with van der Waals surface area (Å²) in [5.41, 5.74) is 10.1. The van der Waals surface area contributed by atoms with Crippen LogP contribution >= 0.6 is 0 Å². The van der Waals surface area contributed by atoms with Gasteiger partial charge in [-0.1, -0.05) is 109 Å². The number of pyridine rings is 1. The fourth-order valence-electron chi connectivity index (χ4n) is 6.48. The highest BCUT2D eigenvalue weighted by Gasteiger charge is 2.20. The van der Waals surface area contributed by atoms with Crippen LogP contribution in [0.4, 0.5) is 0 Å². The first-order valence-corrected chi connectivity index (χ1v) is 14.4. The maximum atomic E-state index is 4.65. The number of fused-ring (bicyclic) bond motifs is 7. The minimum atomic E-state index is 0.812. The van der Waals surface area contributed by atoms with E-state index in [2.05, 4.69) is 133 Å². The second-order valence-electron chi connectivity index (χ2n) is 10.8. The molecule has 1 N–H and O–H groups in total. The van der Waals surface area contributed by atoms with E-state index in [1.54, 1.807) is 0 Å². The van der Waals surface area contributed by atoms with Crippen LogP contribution in [0.25, 0.3) is 77.8 Å². The van der Waals surface area contributed by atoms with E-state index in [0.29, 0.717) is 0 Å². The zero-order valence-electron chi connectivity index (χ0n) is 23.1. The largest absolute Gasteiger partial charge is 0.353 e. The van der Waals surface area contributed by atoms with Crippen molar-refractivity contribution in [2.45, 2.75) is 0 Å². The highest BCUT2D eigenvalue weighted by molar-refractivity contribution is 6.19. The van der Waals surface area contributed by atoms with Crippen molar-refractivity contribution in [3.63, 3.8) is 0 Å². The van der Waals surface area contributed by atoms with Crippen molar-refractivity contribution in [1.82, 2.24) is 24.1 Å². The number of hydrogen-bond acceptors (Lipinski definition) is 2. The van der Waals surface area contributed by atoms with Crippen molar-refractivity contribution >= 4 is 38.2 Å².